The number of pyridine rings is 1. The summed E-state index contributed by atoms with van der Waals surface area (Å²) < 4.78 is 0.285. The number of aromatic amines is 1. The minimum atomic E-state index is -1.09. The second kappa shape index (κ2) is 4.70. The van der Waals surface area contributed by atoms with Crippen LogP contribution >= 0.6 is 12.2 Å². The molecule has 0 bridgehead atoms. The van der Waals surface area contributed by atoms with Crippen LogP contribution in [0.25, 0.3) is 0 Å². The van der Waals surface area contributed by atoms with Gasteiger partial charge in [-0.05, 0) is 19.1 Å². The number of carbonyl (C=O) groups excluding carboxylic acids is 1. The molecule has 0 radical (unpaired) electrons. The Hall–Kier alpha value is -1.69. The third kappa shape index (κ3) is 2.88. The van der Waals surface area contributed by atoms with Crippen LogP contribution in [0.1, 0.15) is 17.3 Å². The van der Waals surface area contributed by atoms with Gasteiger partial charge in [-0.3, -0.25) is 9.59 Å². The van der Waals surface area contributed by atoms with Crippen LogP contribution in [0.2, 0.25) is 0 Å². The van der Waals surface area contributed by atoms with E-state index < -0.39 is 17.9 Å². The number of carboxylic acid groups (broad SMARTS) is 1. The Morgan fingerprint density at radius 1 is 1.60 bits per heavy atom. The number of carbonyl (C=O) groups is 2. The molecular weight excluding hydrogens is 216 g/mol. The van der Waals surface area contributed by atoms with Crippen molar-refractivity contribution in [1.29, 1.82) is 0 Å². The Bertz CT molecular complexity index is 441. The molecule has 1 atom stereocenters. The van der Waals surface area contributed by atoms with Crippen LogP contribution in [0, 0.1) is 4.64 Å². The van der Waals surface area contributed by atoms with E-state index in [0.29, 0.717) is 0 Å². The molecule has 1 unspecified atom stereocenters. The average molecular weight is 226 g/mol. The van der Waals surface area contributed by atoms with Crippen LogP contribution < -0.4 is 5.32 Å². The Kier molecular flexibility index (Phi) is 3.56. The van der Waals surface area contributed by atoms with Gasteiger partial charge in [0.05, 0.1) is 5.56 Å². The Balaban J connectivity index is 2.83. The fourth-order valence-electron chi connectivity index (χ4n) is 0.937. The Labute approximate surface area is 91.1 Å². The first-order chi connectivity index (χ1) is 7.02. The third-order valence-corrected chi connectivity index (χ3v) is 2.12. The van der Waals surface area contributed by atoms with Crippen LogP contribution in [0.3, 0.4) is 0 Å². The monoisotopic (exact) mass is 226 g/mol. The molecule has 3 N–H and O–H groups in total. The summed E-state index contributed by atoms with van der Waals surface area (Å²) in [7, 11) is 0. The molecule has 5 nitrogen and oxygen atoms in total. The van der Waals surface area contributed by atoms with Crippen LogP contribution in [-0.4, -0.2) is 28.0 Å². The van der Waals surface area contributed by atoms with E-state index in [-0.39, 0.29) is 10.2 Å². The molecule has 0 aliphatic heterocycles. The maximum atomic E-state index is 11.5. The molecule has 0 saturated heterocycles. The summed E-state index contributed by atoms with van der Waals surface area (Å²) in [5.41, 5.74) is 0.264. The number of aromatic nitrogens is 1. The standard InChI is InChI=1S/C9H10N2O3S/c1-5(9(13)14)11-7(12)6-3-2-4-10-8(6)15/h2-5H,1H3,(H,10,15)(H,11,12)(H,13,14). The molecule has 1 rings (SSSR count). The molecule has 1 aromatic rings. The molecule has 6 heteroatoms. The highest BCUT2D eigenvalue weighted by molar-refractivity contribution is 7.71. The molecule has 1 aromatic heterocycles. The topological polar surface area (TPSA) is 82.2 Å². The number of hydrogen-bond donors (Lipinski definition) is 3. The summed E-state index contributed by atoms with van der Waals surface area (Å²) in [6.45, 7) is 1.38. The molecule has 1 amide bonds. The van der Waals surface area contributed by atoms with E-state index in [1.165, 1.54) is 13.0 Å². The van der Waals surface area contributed by atoms with Crippen LogP contribution in [0.4, 0.5) is 0 Å². The predicted molar refractivity (Wildman–Crippen MR) is 56.2 cm³/mol. The largest absolute Gasteiger partial charge is 0.480 e. The normalized spacial score (nSPS) is 11.8. The van der Waals surface area contributed by atoms with Crippen molar-refractivity contribution in [2.45, 2.75) is 13.0 Å². The summed E-state index contributed by atoms with van der Waals surface area (Å²) in [5, 5.41) is 10.9. The average Bonchev–Trinajstić information content (AvgIpc) is 2.18. The summed E-state index contributed by atoms with van der Waals surface area (Å²) >= 11 is 4.88. The maximum absolute atomic E-state index is 11.5. The zero-order valence-corrected chi connectivity index (χ0v) is 8.80. The lowest BCUT2D eigenvalue weighted by atomic mass is 10.2. The van der Waals surface area contributed by atoms with Gasteiger partial charge >= 0.3 is 5.97 Å². The second-order valence-corrected chi connectivity index (χ2v) is 3.35. The van der Waals surface area contributed by atoms with Gasteiger partial charge in [-0.15, -0.1) is 0 Å². The van der Waals surface area contributed by atoms with Crippen molar-refractivity contribution in [1.82, 2.24) is 10.3 Å². The van der Waals surface area contributed by atoms with E-state index in [1.807, 2.05) is 0 Å². The summed E-state index contributed by atoms with van der Waals surface area (Å²) in [4.78, 5) is 24.7. The van der Waals surface area contributed by atoms with E-state index in [1.54, 1.807) is 12.3 Å². The van der Waals surface area contributed by atoms with Gasteiger partial charge < -0.3 is 15.4 Å². The van der Waals surface area contributed by atoms with E-state index >= 15 is 0 Å². The molecule has 0 fully saturated rings. The van der Waals surface area contributed by atoms with Crippen molar-refractivity contribution in [3.05, 3.63) is 28.5 Å². The van der Waals surface area contributed by atoms with Gasteiger partial charge in [0, 0.05) is 6.20 Å². The van der Waals surface area contributed by atoms with E-state index in [2.05, 4.69) is 10.3 Å². The lowest BCUT2D eigenvalue weighted by Gasteiger charge is -2.08. The van der Waals surface area contributed by atoms with Gasteiger partial charge in [0.15, 0.2) is 0 Å². The summed E-state index contributed by atoms with van der Waals surface area (Å²) in [6, 6.07) is 2.21. The first-order valence-electron chi connectivity index (χ1n) is 4.23. The molecule has 0 aliphatic rings. The van der Waals surface area contributed by atoms with Crippen molar-refractivity contribution in [2.24, 2.45) is 0 Å². The van der Waals surface area contributed by atoms with Crippen LogP contribution in [0.15, 0.2) is 18.3 Å². The van der Waals surface area contributed by atoms with Gasteiger partial charge in [-0.25, -0.2) is 0 Å². The lowest BCUT2D eigenvalue weighted by Crippen LogP contribution is -2.38. The molecule has 15 heavy (non-hydrogen) atoms. The van der Waals surface area contributed by atoms with Crippen molar-refractivity contribution in [2.75, 3.05) is 0 Å². The Morgan fingerprint density at radius 2 is 2.27 bits per heavy atom. The smallest absolute Gasteiger partial charge is 0.325 e. The highest BCUT2D eigenvalue weighted by Crippen LogP contribution is 1.99. The number of hydrogen-bond acceptors (Lipinski definition) is 3. The molecule has 0 saturated carbocycles. The molecular formula is C9H10N2O3S. The maximum Gasteiger partial charge on any atom is 0.325 e. The number of amides is 1. The first-order valence-corrected chi connectivity index (χ1v) is 4.64. The van der Waals surface area contributed by atoms with Gasteiger partial charge in [0.25, 0.3) is 5.91 Å². The van der Waals surface area contributed by atoms with Crippen molar-refractivity contribution >= 4 is 24.1 Å². The lowest BCUT2D eigenvalue weighted by molar-refractivity contribution is -0.138. The quantitative estimate of drug-likeness (QED) is 0.670. The van der Waals surface area contributed by atoms with Gasteiger partial charge in [0.1, 0.15) is 10.7 Å². The second-order valence-electron chi connectivity index (χ2n) is 2.95. The zero-order valence-electron chi connectivity index (χ0n) is 7.98. The highest BCUT2D eigenvalue weighted by Gasteiger charge is 2.15. The minimum absolute atomic E-state index is 0.264. The fourth-order valence-corrected chi connectivity index (χ4v) is 1.17. The Morgan fingerprint density at radius 3 is 2.80 bits per heavy atom. The number of aliphatic carboxylic acids is 1. The van der Waals surface area contributed by atoms with Gasteiger partial charge in [-0.2, -0.15) is 0 Å². The molecule has 80 valence electrons. The number of nitrogens with one attached hydrogen (secondary N) is 2. The third-order valence-electron chi connectivity index (χ3n) is 1.78. The van der Waals surface area contributed by atoms with Gasteiger partial charge in [0.2, 0.25) is 0 Å². The number of H-pyrrole nitrogens is 1. The van der Waals surface area contributed by atoms with Crippen molar-refractivity contribution < 1.29 is 14.7 Å². The molecule has 0 spiro atoms. The van der Waals surface area contributed by atoms with Gasteiger partial charge in [-0.1, -0.05) is 12.2 Å². The van der Waals surface area contributed by atoms with Crippen LogP contribution in [-0.2, 0) is 4.79 Å². The zero-order chi connectivity index (χ0) is 11.4. The van der Waals surface area contributed by atoms with E-state index in [0.717, 1.165) is 0 Å². The fraction of sp³-hybridized carbons (Fsp3) is 0.222. The van der Waals surface area contributed by atoms with Crippen LogP contribution in [0.5, 0.6) is 0 Å². The summed E-state index contributed by atoms with van der Waals surface area (Å²) in [5.74, 6) is -1.58. The van der Waals surface area contributed by atoms with E-state index in [9.17, 15) is 9.59 Å². The number of carboxylic acids is 1. The van der Waals surface area contributed by atoms with Crippen molar-refractivity contribution in [3.8, 4) is 0 Å². The molecule has 0 aromatic carbocycles. The predicted octanol–water partition coefficient (Wildman–Crippen LogP) is 0.947. The SMILES string of the molecule is CC(NC(=O)c1ccc[nH]c1=S)C(=O)O. The molecule has 0 aliphatic carbocycles. The first kappa shape index (κ1) is 11.4. The van der Waals surface area contributed by atoms with Crippen molar-refractivity contribution in [3.63, 3.8) is 0 Å². The van der Waals surface area contributed by atoms with E-state index in [4.69, 9.17) is 17.3 Å². The molecule has 1 heterocycles. The minimum Gasteiger partial charge on any atom is -0.480 e. The number of rotatable bonds is 3. The highest BCUT2D eigenvalue weighted by atomic mass is 32.1. The summed E-state index contributed by atoms with van der Waals surface area (Å²) in [6.07, 6.45) is 1.60.